The molecule has 0 spiro atoms. The molecule has 0 saturated carbocycles. The van der Waals surface area contributed by atoms with E-state index < -0.39 is 23.8 Å². The van der Waals surface area contributed by atoms with Gasteiger partial charge in [-0.1, -0.05) is 0 Å². The number of carbonyl (C=O) groups is 4. The number of carbonyl (C=O) groups excluding carboxylic acids is 4. The smallest absolute Gasteiger partial charge is 0.333 e. The Hall–Kier alpha value is -1.92. The van der Waals surface area contributed by atoms with E-state index in [0.29, 0.717) is 5.06 Å². The molecule has 0 aromatic carbocycles. The first-order valence-electron chi connectivity index (χ1n) is 5.18. The van der Waals surface area contributed by atoms with Gasteiger partial charge in [0.25, 0.3) is 11.8 Å². The molecular formula is C10H13NO6. The number of esters is 1. The lowest BCUT2D eigenvalue weighted by atomic mass is 10.2. The highest BCUT2D eigenvalue weighted by molar-refractivity contribution is 6.01. The van der Waals surface area contributed by atoms with Crippen molar-refractivity contribution in [1.29, 1.82) is 0 Å². The first-order chi connectivity index (χ1) is 8.04. The van der Waals surface area contributed by atoms with Crippen molar-refractivity contribution >= 4 is 23.8 Å². The van der Waals surface area contributed by atoms with Crippen molar-refractivity contribution in [3.05, 3.63) is 0 Å². The van der Waals surface area contributed by atoms with Crippen molar-refractivity contribution in [1.82, 2.24) is 5.06 Å². The minimum absolute atomic E-state index is 0.0494. The maximum absolute atomic E-state index is 11.2. The third-order valence-corrected chi connectivity index (χ3v) is 2.19. The zero-order valence-corrected chi connectivity index (χ0v) is 9.43. The number of imide groups is 1. The highest BCUT2D eigenvalue weighted by atomic mass is 16.7. The average molecular weight is 243 g/mol. The molecule has 1 heterocycles. The Bertz CT molecular complexity index is 335. The molecule has 17 heavy (non-hydrogen) atoms. The quantitative estimate of drug-likeness (QED) is 0.496. The summed E-state index contributed by atoms with van der Waals surface area (Å²) in [4.78, 5) is 48.8. The molecule has 1 saturated heterocycles. The third-order valence-electron chi connectivity index (χ3n) is 2.19. The molecule has 0 radical (unpaired) electrons. The molecule has 1 fully saturated rings. The summed E-state index contributed by atoms with van der Waals surface area (Å²) < 4.78 is 4.39. The third kappa shape index (κ3) is 3.86. The molecule has 0 atom stereocenters. The number of amides is 2. The van der Waals surface area contributed by atoms with Crippen LogP contribution in [-0.2, 0) is 28.8 Å². The van der Waals surface area contributed by atoms with E-state index in [1.807, 2.05) is 0 Å². The Morgan fingerprint density at radius 3 is 2.18 bits per heavy atom. The second kappa shape index (κ2) is 5.97. The first-order valence-corrected chi connectivity index (χ1v) is 5.18. The zero-order valence-electron chi connectivity index (χ0n) is 9.43. The van der Waals surface area contributed by atoms with E-state index in [-0.39, 0.29) is 32.1 Å². The fourth-order valence-corrected chi connectivity index (χ4v) is 1.28. The molecule has 7 heteroatoms. The van der Waals surface area contributed by atoms with Crippen molar-refractivity contribution in [3.63, 3.8) is 0 Å². The van der Waals surface area contributed by atoms with Gasteiger partial charge >= 0.3 is 11.9 Å². The van der Waals surface area contributed by atoms with Gasteiger partial charge in [0.05, 0.1) is 7.11 Å². The maximum atomic E-state index is 11.2. The van der Waals surface area contributed by atoms with Gasteiger partial charge < -0.3 is 9.57 Å². The van der Waals surface area contributed by atoms with Gasteiger partial charge in [-0.3, -0.25) is 14.4 Å². The lowest BCUT2D eigenvalue weighted by molar-refractivity contribution is -0.197. The minimum atomic E-state index is -0.711. The molecule has 0 aromatic heterocycles. The highest BCUT2D eigenvalue weighted by Crippen LogP contribution is 2.13. The molecular weight excluding hydrogens is 230 g/mol. The number of hydrogen-bond acceptors (Lipinski definition) is 6. The lowest BCUT2D eigenvalue weighted by Gasteiger charge is -2.12. The standard InChI is InChI=1S/C10H13NO6/c1-16-9(14)3-2-4-10(15)17-11-7(12)5-6-8(11)13/h2-6H2,1H3. The molecule has 0 bridgehead atoms. The van der Waals surface area contributed by atoms with Crippen LogP contribution in [0, 0.1) is 0 Å². The average Bonchev–Trinajstić information content (AvgIpc) is 2.60. The van der Waals surface area contributed by atoms with Crippen LogP contribution < -0.4 is 0 Å². The number of rotatable bonds is 5. The van der Waals surface area contributed by atoms with Crippen LogP contribution in [0.5, 0.6) is 0 Å². The van der Waals surface area contributed by atoms with Crippen molar-refractivity contribution in [2.45, 2.75) is 32.1 Å². The lowest BCUT2D eigenvalue weighted by Crippen LogP contribution is -2.32. The van der Waals surface area contributed by atoms with E-state index in [9.17, 15) is 19.2 Å². The van der Waals surface area contributed by atoms with Crippen LogP contribution in [0.25, 0.3) is 0 Å². The summed E-state index contributed by atoms with van der Waals surface area (Å²) in [5, 5.41) is 0.487. The van der Waals surface area contributed by atoms with E-state index in [2.05, 4.69) is 9.57 Å². The van der Waals surface area contributed by atoms with Gasteiger partial charge in [0.1, 0.15) is 0 Å². The molecule has 0 aromatic rings. The van der Waals surface area contributed by atoms with Crippen LogP contribution in [0.3, 0.4) is 0 Å². The molecule has 94 valence electrons. The Balaban J connectivity index is 2.27. The van der Waals surface area contributed by atoms with Gasteiger partial charge in [-0.25, -0.2) is 4.79 Å². The monoisotopic (exact) mass is 243 g/mol. The highest BCUT2D eigenvalue weighted by Gasteiger charge is 2.32. The summed E-state index contributed by atoms with van der Waals surface area (Å²) in [7, 11) is 1.25. The Kier molecular flexibility index (Phi) is 4.62. The minimum Gasteiger partial charge on any atom is -0.469 e. The van der Waals surface area contributed by atoms with Crippen LogP contribution in [0.15, 0.2) is 0 Å². The first kappa shape index (κ1) is 13.1. The van der Waals surface area contributed by atoms with Crippen LogP contribution in [0.2, 0.25) is 0 Å². The number of ether oxygens (including phenoxy) is 1. The second-order valence-corrected chi connectivity index (χ2v) is 3.47. The van der Waals surface area contributed by atoms with E-state index in [4.69, 9.17) is 0 Å². The summed E-state index contributed by atoms with van der Waals surface area (Å²) in [5.74, 6) is -2.17. The Labute approximate surface area is 97.6 Å². The fraction of sp³-hybridized carbons (Fsp3) is 0.600. The topological polar surface area (TPSA) is 90.0 Å². The molecule has 2 amide bonds. The molecule has 0 aliphatic carbocycles. The summed E-state index contributed by atoms with van der Waals surface area (Å²) in [6.07, 6.45) is 0.421. The van der Waals surface area contributed by atoms with E-state index in [1.54, 1.807) is 0 Å². The second-order valence-electron chi connectivity index (χ2n) is 3.47. The van der Waals surface area contributed by atoms with Gasteiger partial charge in [0.15, 0.2) is 0 Å². The van der Waals surface area contributed by atoms with Crippen LogP contribution in [-0.4, -0.2) is 35.9 Å². The van der Waals surface area contributed by atoms with Crippen molar-refractivity contribution in [3.8, 4) is 0 Å². The summed E-state index contributed by atoms with van der Waals surface area (Å²) in [6.45, 7) is 0. The molecule has 1 aliphatic heterocycles. The Morgan fingerprint density at radius 1 is 1.12 bits per heavy atom. The van der Waals surface area contributed by atoms with Gasteiger partial charge in [-0.05, 0) is 6.42 Å². The molecule has 0 N–H and O–H groups in total. The number of nitrogens with zero attached hydrogens (tertiary/aromatic N) is 1. The summed E-state index contributed by atoms with van der Waals surface area (Å²) in [5.41, 5.74) is 0. The molecule has 7 nitrogen and oxygen atoms in total. The van der Waals surface area contributed by atoms with E-state index in [0.717, 1.165) is 0 Å². The Morgan fingerprint density at radius 2 is 1.65 bits per heavy atom. The van der Waals surface area contributed by atoms with E-state index >= 15 is 0 Å². The van der Waals surface area contributed by atoms with Crippen LogP contribution in [0.4, 0.5) is 0 Å². The molecule has 1 rings (SSSR count). The summed E-state index contributed by atoms with van der Waals surface area (Å²) >= 11 is 0. The SMILES string of the molecule is COC(=O)CCCC(=O)ON1C(=O)CCC1=O. The van der Waals surface area contributed by atoms with Crippen molar-refractivity contribution in [2.75, 3.05) is 7.11 Å². The zero-order chi connectivity index (χ0) is 12.8. The van der Waals surface area contributed by atoms with Crippen LogP contribution in [0.1, 0.15) is 32.1 Å². The number of hydroxylamine groups is 2. The fourth-order valence-electron chi connectivity index (χ4n) is 1.28. The number of hydrogen-bond donors (Lipinski definition) is 0. The predicted octanol–water partition coefficient (Wildman–Crippen LogP) is -0.0631. The van der Waals surface area contributed by atoms with Gasteiger partial charge in [0.2, 0.25) is 0 Å². The van der Waals surface area contributed by atoms with E-state index in [1.165, 1.54) is 7.11 Å². The van der Waals surface area contributed by atoms with Crippen molar-refractivity contribution in [2.24, 2.45) is 0 Å². The largest absolute Gasteiger partial charge is 0.469 e. The van der Waals surface area contributed by atoms with Gasteiger partial charge in [0, 0.05) is 25.7 Å². The normalized spacial score (nSPS) is 15.0. The summed E-state index contributed by atoms with van der Waals surface area (Å²) in [6, 6.07) is 0. The molecule has 1 aliphatic rings. The van der Waals surface area contributed by atoms with Gasteiger partial charge in [-0.15, -0.1) is 5.06 Å². The maximum Gasteiger partial charge on any atom is 0.333 e. The van der Waals surface area contributed by atoms with Crippen molar-refractivity contribution < 1.29 is 28.8 Å². The predicted molar refractivity (Wildman–Crippen MR) is 53.0 cm³/mol. The van der Waals surface area contributed by atoms with Crippen LogP contribution >= 0.6 is 0 Å². The molecule has 0 unspecified atom stereocenters. The number of methoxy groups -OCH3 is 1. The van der Waals surface area contributed by atoms with Gasteiger partial charge in [-0.2, -0.15) is 0 Å².